The number of Topliss-reactive ketones (excluding diaryl/α,β-unsaturated/α-hetero) is 1. The molecule has 0 saturated carbocycles. The summed E-state index contributed by atoms with van der Waals surface area (Å²) in [6.07, 6.45) is 0.363. The third kappa shape index (κ3) is 3.58. The Labute approximate surface area is 118 Å². The van der Waals surface area contributed by atoms with Gasteiger partial charge in [0.1, 0.15) is 0 Å². The van der Waals surface area contributed by atoms with Crippen molar-refractivity contribution in [3.8, 4) is 0 Å². The molecule has 19 heavy (non-hydrogen) atoms. The third-order valence-electron chi connectivity index (χ3n) is 2.89. The molecule has 0 bridgehead atoms. The summed E-state index contributed by atoms with van der Waals surface area (Å²) in [5.74, 6) is 0.0270. The minimum atomic E-state index is 0.0270. The zero-order valence-corrected chi connectivity index (χ0v) is 11.8. The maximum Gasteiger partial charge on any atom is 0.167 e. The van der Waals surface area contributed by atoms with Crippen LogP contribution in [0.25, 0.3) is 0 Å². The van der Waals surface area contributed by atoms with Gasteiger partial charge in [-0.05, 0) is 37.6 Å². The Morgan fingerprint density at radius 3 is 2.26 bits per heavy atom. The van der Waals surface area contributed by atoms with E-state index in [2.05, 4.69) is 6.07 Å². The summed E-state index contributed by atoms with van der Waals surface area (Å²) < 4.78 is 0. The highest BCUT2D eigenvalue weighted by Crippen LogP contribution is 2.19. The number of halogens is 1. The number of nitrogens with two attached hydrogens (primary N) is 1. The highest BCUT2D eigenvalue weighted by molar-refractivity contribution is 6.31. The van der Waals surface area contributed by atoms with Gasteiger partial charge in [0.15, 0.2) is 5.78 Å². The number of rotatable bonds is 3. The average molecular weight is 274 g/mol. The fraction of sp³-hybridized carbons (Fsp3) is 0.188. The molecule has 0 saturated heterocycles. The molecule has 3 heteroatoms. The molecule has 0 aliphatic heterocycles. The maximum atomic E-state index is 12.2. The van der Waals surface area contributed by atoms with Crippen molar-refractivity contribution >= 4 is 23.1 Å². The van der Waals surface area contributed by atoms with Crippen LogP contribution in [0.1, 0.15) is 27.0 Å². The summed E-state index contributed by atoms with van der Waals surface area (Å²) in [6.45, 7) is 4.05. The molecular formula is C16H16ClNO. The van der Waals surface area contributed by atoms with E-state index in [0.717, 1.165) is 16.7 Å². The summed E-state index contributed by atoms with van der Waals surface area (Å²) in [5, 5.41) is 0.490. The Balaban J connectivity index is 2.25. The fourth-order valence-electron chi connectivity index (χ4n) is 2.23. The molecule has 0 aliphatic carbocycles. The fourth-order valence-corrected chi connectivity index (χ4v) is 2.48. The third-order valence-corrected chi connectivity index (χ3v) is 3.11. The molecule has 2 aromatic carbocycles. The van der Waals surface area contributed by atoms with Gasteiger partial charge in [0.25, 0.3) is 0 Å². The largest absolute Gasteiger partial charge is 0.399 e. The second kappa shape index (κ2) is 5.45. The standard InChI is InChI=1S/C16H16ClNO/c1-10-3-11(2)5-12(4-10)6-16(19)13-7-14(17)9-15(18)8-13/h3-5,7-9H,6,18H2,1-2H3. The van der Waals surface area contributed by atoms with E-state index >= 15 is 0 Å². The van der Waals surface area contributed by atoms with E-state index in [4.69, 9.17) is 17.3 Å². The molecule has 0 spiro atoms. The normalized spacial score (nSPS) is 10.5. The van der Waals surface area contributed by atoms with E-state index in [1.54, 1.807) is 18.2 Å². The Morgan fingerprint density at radius 2 is 1.68 bits per heavy atom. The van der Waals surface area contributed by atoms with Crippen molar-refractivity contribution in [2.45, 2.75) is 20.3 Å². The van der Waals surface area contributed by atoms with Crippen molar-refractivity contribution in [2.75, 3.05) is 5.73 Å². The molecule has 98 valence electrons. The van der Waals surface area contributed by atoms with Crippen LogP contribution in [0.2, 0.25) is 5.02 Å². The number of hydrogen-bond donors (Lipinski definition) is 1. The summed E-state index contributed by atoms with van der Waals surface area (Å²) in [6, 6.07) is 11.1. The highest BCUT2D eigenvalue weighted by Gasteiger charge is 2.09. The average Bonchev–Trinajstić information content (AvgIpc) is 2.25. The van der Waals surface area contributed by atoms with Crippen LogP contribution >= 0.6 is 11.6 Å². The first-order chi connectivity index (χ1) is 8.94. The SMILES string of the molecule is Cc1cc(C)cc(CC(=O)c2cc(N)cc(Cl)c2)c1. The lowest BCUT2D eigenvalue weighted by Gasteiger charge is -2.06. The van der Waals surface area contributed by atoms with Gasteiger partial charge in [-0.1, -0.05) is 40.9 Å². The molecule has 0 unspecified atom stereocenters. The first-order valence-electron chi connectivity index (χ1n) is 6.10. The van der Waals surface area contributed by atoms with Gasteiger partial charge in [0.05, 0.1) is 0 Å². The summed E-state index contributed by atoms with van der Waals surface area (Å²) >= 11 is 5.92. The van der Waals surface area contributed by atoms with E-state index in [9.17, 15) is 4.79 Å². The van der Waals surface area contributed by atoms with E-state index in [1.165, 1.54) is 0 Å². The Kier molecular flexibility index (Phi) is 3.91. The van der Waals surface area contributed by atoms with Crippen molar-refractivity contribution in [1.29, 1.82) is 0 Å². The van der Waals surface area contributed by atoms with Crippen LogP contribution in [0.3, 0.4) is 0 Å². The number of ketones is 1. The van der Waals surface area contributed by atoms with Crippen LogP contribution < -0.4 is 5.73 Å². The number of hydrogen-bond acceptors (Lipinski definition) is 2. The number of anilines is 1. The van der Waals surface area contributed by atoms with Crippen LogP contribution in [0, 0.1) is 13.8 Å². The second-order valence-corrected chi connectivity index (χ2v) is 5.31. The van der Waals surface area contributed by atoms with Crippen LogP contribution in [0.5, 0.6) is 0 Å². The summed E-state index contributed by atoms with van der Waals surface area (Å²) in [4.78, 5) is 12.2. The number of carbonyl (C=O) groups is 1. The first-order valence-corrected chi connectivity index (χ1v) is 6.48. The molecule has 0 atom stereocenters. The lowest BCUT2D eigenvalue weighted by molar-refractivity contribution is 0.0993. The van der Waals surface area contributed by atoms with Gasteiger partial charge in [-0.3, -0.25) is 4.79 Å². The monoisotopic (exact) mass is 273 g/mol. The molecule has 0 aromatic heterocycles. The zero-order chi connectivity index (χ0) is 14.0. The van der Waals surface area contributed by atoms with E-state index in [0.29, 0.717) is 22.7 Å². The van der Waals surface area contributed by atoms with Gasteiger partial charge in [-0.25, -0.2) is 0 Å². The number of benzene rings is 2. The molecule has 0 aliphatic rings. The van der Waals surface area contributed by atoms with Crippen LogP contribution in [0.4, 0.5) is 5.69 Å². The Hall–Kier alpha value is -1.80. The second-order valence-electron chi connectivity index (χ2n) is 4.87. The van der Waals surface area contributed by atoms with Gasteiger partial charge < -0.3 is 5.73 Å². The van der Waals surface area contributed by atoms with Gasteiger partial charge in [-0.2, -0.15) is 0 Å². The zero-order valence-electron chi connectivity index (χ0n) is 11.0. The first kappa shape index (κ1) is 13.6. The van der Waals surface area contributed by atoms with Gasteiger partial charge in [-0.15, -0.1) is 0 Å². The Morgan fingerprint density at radius 1 is 1.05 bits per heavy atom. The quantitative estimate of drug-likeness (QED) is 0.679. The van der Waals surface area contributed by atoms with Crippen molar-refractivity contribution in [3.05, 3.63) is 63.7 Å². The van der Waals surface area contributed by atoms with Crippen LogP contribution in [-0.2, 0) is 6.42 Å². The van der Waals surface area contributed by atoms with Crippen LogP contribution in [0.15, 0.2) is 36.4 Å². The minimum absolute atomic E-state index is 0.0270. The number of aryl methyl sites for hydroxylation is 2. The molecule has 2 nitrogen and oxygen atoms in total. The molecule has 2 N–H and O–H groups in total. The van der Waals surface area contributed by atoms with Crippen molar-refractivity contribution in [1.82, 2.24) is 0 Å². The molecule has 2 rings (SSSR count). The summed E-state index contributed by atoms with van der Waals surface area (Å²) in [7, 11) is 0. The molecule has 2 aromatic rings. The van der Waals surface area contributed by atoms with E-state index < -0.39 is 0 Å². The maximum absolute atomic E-state index is 12.2. The lowest BCUT2D eigenvalue weighted by atomic mass is 9.99. The molecule has 0 fully saturated rings. The highest BCUT2D eigenvalue weighted by atomic mass is 35.5. The van der Waals surface area contributed by atoms with Crippen LogP contribution in [-0.4, -0.2) is 5.78 Å². The molecule has 0 heterocycles. The number of nitrogen functional groups attached to an aromatic ring is 1. The van der Waals surface area contributed by atoms with E-state index in [-0.39, 0.29) is 5.78 Å². The topological polar surface area (TPSA) is 43.1 Å². The Bertz CT molecular complexity index is 594. The summed E-state index contributed by atoms with van der Waals surface area (Å²) in [5.41, 5.74) is 10.1. The van der Waals surface area contributed by atoms with Gasteiger partial charge in [0.2, 0.25) is 0 Å². The molecule has 0 radical (unpaired) electrons. The number of carbonyl (C=O) groups excluding carboxylic acids is 1. The van der Waals surface area contributed by atoms with Gasteiger partial charge in [0, 0.05) is 22.7 Å². The predicted molar refractivity (Wildman–Crippen MR) is 79.8 cm³/mol. The minimum Gasteiger partial charge on any atom is -0.399 e. The van der Waals surface area contributed by atoms with Crippen molar-refractivity contribution in [2.24, 2.45) is 0 Å². The van der Waals surface area contributed by atoms with Gasteiger partial charge >= 0.3 is 0 Å². The molecule has 0 amide bonds. The predicted octanol–water partition coefficient (Wildman–Crippen LogP) is 3.96. The smallest absolute Gasteiger partial charge is 0.167 e. The van der Waals surface area contributed by atoms with Crippen molar-refractivity contribution in [3.63, 3.8) is 0 Å². The molecular weight excluding hydrogens is 258 g/mol. The lowest BCUT2D eigenvalue weighted by Crippen LogP contribution is -2.05. The van der Waals surface area contributed by atoms with E-state index in [1.807, 2.05) is 26.0 Å². The van der Waals surface area contributed by atoms with Crippen molar-refractivity contribution < 1.29 is 4.79 Å².